The summed E-state index contributed by atoms with van der Waals surface area (Å²) in [5, 5.41) is 15.4. The van der Waals surface area contributed by atoms with Crippen molar-refractivity contribution >= 4 is 29.3 Å². The third kappa shape index (κ3) is 12.1. The van der Waals surface area contributed by atoms with Crippen molar-refractivity contribution in [3.05, 3.63) is 83.9 Å². The lowest BCUT2D eigenvalue weighted by Crippen LogP contribution is -2.40. The molecule has 10 heteroatoms. The molecule has 1 saturated heterocycles. The Bertz CT molecular complexity index is 1520. The van der Waals surface area contributed by atoms with Gasteiger partial charge in [0.2, 0.25) is 5.91 Å². The highest BCUT2D eigenvalue weighted by Crippen LogP contribution is 2.39. The molecule has 3 amide bonds. The normalized spacial score (nSPS) is 13.5. The van der Waals surface area contributed by atoms with Crippen molar-refractivity contribution in [1.29, 1.82) is 0 Å². The van der Waals surface area contributed by atoms with Crippen LogP contribution >= 0.6 is 0 Å². The standard InChI is InChI=1S/C41H58N6O4/c1-42-25-13-27-46(4)40(49)34-19-21-35(22-20-34)44(2)26-11-6-5-10-18-38(48)45(3)30-31-47-28-23-33(24-29-47)37-17-12-16-36(39(37)43-41(50)51)32-14-8-7-9-15-32/h7-9,12,14-17,19-22,33,42-43H,5-6,10-11,13,18,23-31H2,1-4H3,(H,50,51). The molecular formula is C41H58N6O4. The van der Waals surface area contributed by atoms with Crippen LogP contribution in [0.2, 0.25) is 0 Å². The SMILES string of the molecule is CNCCCN(C)C(=O)c1ccc(N(C)CCCCCCC(=O)N(C)CCN2CCC(c3cccc(-c4ccccc4)c3NC(=O)O)CC2)cc1. The van der Waals surface area contributed by atoms with Crippen molar-refractivity contribution in [2.75, 3.05) is 84.2 Å². The lowest BCUT2D eigenvalue weighted by atomic mass is 9.86. The second-order valence-corrected chi connectivity index (χ2v) is 13.8. The summed E-state index contributed by atoms with van der Waals surface area (Å²) >= 11 is 0. The summed E-state index contributed by atoms with van der Waals surface area (Å²) in [6, 6.07) is 23.8. The lowest BCUT2D eigenvalue weighted by Gasteiger charge is -2.34. The number of carboxylic acid groups (broad SMARTS) is 1. The van der Waals surface area contributed by atoms with E-state index >= 15 is 0 Å². The van der Waals surface area contributed by atoms with E-state index in [1.165, 1.54) is 0 Å². The molecule has 3 N–H and O–H groups in total. The average Bonchev–Trinajstić information content (AvgIpc) is 3.15. The first-order valence-corrected chi connectivity index (χ1v) is 18.5. The fourth-order valence-corrected chi connectivity index (χ4v) is 6.87. The van der Waals surface area contributed by atoms with Crippen LogP contribution in [0, 0.1) is 0 Å². The second kappa shape index (κ2) is 20.4. The van der Waals surface area contributed by atoms with E-state index in [1.54, 1.807) is 4.90 Å². The molecule has 276 valence electrons. The van der Waals surface area contributed by atoms with E-state index in [2.05, 4.69) is 33.5 Å². The Morgan fingerprint density at radius 1 is 0.784 bits per heavy atom. The molecule has 0 spiro atoms. The van der Waals surface area contributed by atoms with Gasteiger partial charge in [-0.15, -0.1) is 0 Å². The Balaban J connectivity index is 1.11. The summed E-state index contributed by atoms with van der Waals surface area (Å²) < 4.78 is 0. The third-order valence-corrected chi connectivity index (χ3v) is 10.1. The largest absolute Gasteiger partial charge is 0.465 e. The van der Waals surface area contributed by atoms with Gasteiger partial charge in [-0.2, -0.15) is 0 Å². The number of likely N-dealkylation sites (N-methyl/N-ethyl adjacent to an activating group) is 1. The van der Waals surface area contributed by atoms with Crippen molar-refractivity contribution in [3.8, 4) is 11.1 Å². The van der Waals surface area contributed by atoms with Gasteiger partial charge in [0, 0.05) is 70.6 Å². The maximum atomic E-state index is 12.9. The highest BCUT2D eigenvalue weighted by Gasteiger charge is 2.25. The third-order valence-electron chi connectivity index (χ3n) is 10.1. The smallest absolute Gasteiger partial charge is 0.409 e. The molecule has 0 atom stereocenters. The molecular weight excluding hydrogens is 640 g/mol. The summed E-state index contributed by atoms with van der Waals surface area (Å²) in [6.07, 6.45) is 6.38. The molecule has 0 aliphatic carbocycles. The van der Waals surface area contributed by atoms with Gasteiger partial charge < -0.3 is 30.0 Å². The van der Waals surface area contributed by atoms with Crippen LogP contribution in [-0.4, -0.2) is 112 Å². The van der Waals surface area contributed by atoms with Gasteiger partial charge in [-0.05, 0) is 100 Å². The van der Waals surface area contributed by atoms with E-state index in [0.717, 1.165) is 107 Å². The minimum absolute atomic E-state index is 0.0503. The fraction of sp³-hybridized carbons (Fsp3) is 0.488. The Morgan fingerprint density at radius 2 is 1.49 bits per heavy atom. The number of anilines is 2. The van der Waals surface area contributed by atoms with Gasteiger partial charge in [-0.1, -0.05) is 61.4 Å². The molecule has 10 nitrogen and oxygen atoms in total. The van der Waals surface area contributed by atoms with Crippen LogP contribution in [0.15, 0.2) is 72.8 Å². The number of hydrogen-bond donors (Lipinski definition) is 3. The molecule has 51 heavy (non-hydrogen) atoms. The number of nitrogens with one attached hydrogen (secondary N) is 2. The zero-order chi connectivity index (χ0) is 36.6. The van der Waals surface area contributed by atoms with E-state index in [-0.39, 0.29) is 17.7 Å². The van der Waals surface area contributed by atoms with E-state index < -0.39 is 6.09 Å². The summed E-state index contributed by atoms with van der Waals surface area (Å²) in [6.45, 7) is 5.93. The Kier molecular flexibility index (Phi) is 15.8. The van der Waals surface area contributed by atoms with Crippen LogP contribution in [0.4, 0.5) is 16.2 Å². The zero-order valence-electron chi connectivity index (χ0n) is 31.1. The van der Waals surface area contributed by atoms with Gasteiger partial charge in [0.15, 0.2) is 0 Å². The highest BCUT2D eigenvalue weighted by atomic mass is 16.4. The highest BCUT2D eigenvalue weighted by molar-refractivity contribution is 5.94. The maximum Gasteiger partial charge on any atom is 0.409 e. The number of piperidine rings is 1. The summed E-state index contributed by atoms with van der Waals surface area (Å²) in [7, 11) is 7.76. The number of rotatable bonds is 19. The minimum atomic E-state index is -1.05. The van der Waals surface area contributed by atoms with Gasteiger partial charge in [0.05, 0.1) is 5.69 Å². The summed E-state index contributed by atoms with van der Waals surface area (Å²) in [5.41, 5.74) is 5.45. The molecule has 0 aromatic heterocycles. The molecule has 0 saturated carbocycles. The molecule has 1 fully saturated rings. The molecule has 3 aromatic rings. The van der Waals surface area contributed by atoms with Crippen LogP contribution in [0.3, 0.4) is 0 Å². The molecule has 4 rings (SSSR count). The summed E-state index contributed by atoms with van der Waals surface area (Å²) in [5.74, 6) is 0.522. The van der Waals surface area contributed by atoms with Gasteiger partial charge in [-0.25, -0.2) is 4.79 Å². The van der Waals surface area contributed by atoms with Gasteiger partial charge in [0.25, 0.3) is 5.91 Å². The van der Waals surface area contributed by atoms with Gasteiger partial charge >= 0.3 is 6.09 Å². The number of hydrogen-bond acceptors (Lipinski definition) is 6. The van der Waals surface area contributed by atoms with Crippen molar-refractivity contribution in [3.63, 3.8) is 0 Å². The predicted octanol–water partition coefficient (Wildman–Crippen LogP) is 6.85. The molecule has 1 aliphatic rings. The fourth-order valence-electron chi connectivity index (χ4n) is 6.87. The number of para-hydroxylation sites is 1. The second-order valence-electron chi connectivity index (χ2n) is 13.8. The van der Waals surface area contributed by atoms with Crippen molar-refractivity contribution in [2.45, 2.75) is 57.3 Å². The number of amides is 3. The predicted molar refractivity (Wildman–Crippen MR) is 208 cm³/mol. The maximum absolute atomic E-state index is 12.9. The number of nitrogens with zero attached hydrogens (tertiary/aromatic N) is 4. The monoisotopic (exact) mass is 698 g/mol. The van der Waals surface area contributed by atoms with Crippen LogP contribution in [0.5, 0.6) is 0 Å². The first-order valence-electron chi connectivity index (χ1n) is 18.5. The molecule has 0 radical (unpaired) electrons. The molecule has 0 unspecified atom stereocenters. The van der Waals surface area contributed by atoms with Crippen LogP contribution in [0.25, 0.3) is 11.1 Å². The first kappa shape index (κ1) is 39.4. The number of unbranched alkanes of at least 4 members (excludes halogenated alkanes) is 3. The van der Waals surface area contributed by atoms with Crippen LogP contribution < -0.4 is 15.5 Å². The topological polar surface area (TPSA) is 108 Å². The van der Waals surface area contributed by atoms with E-state index in [1.807, 2.05) is 92.8 Å². The lowest BCUT2D eigenvalue weighted by molar-refractivity contribution is -0.130. The van der Waals surface area contributed by atoms with Crippen molar-refractivity contribution in [1.82, 2.24) is 20.0 Å². The molecule has 1 aliphatic heterocycles. The van der Waals surface area contributed by atoms with Crippen LogP contribution in [-0.2, 0) is 4.79 Å². The minimum Gasteiger partial charge on any atom is -0.465 e. The number of carbonyl (C=O) groups is 3. The van der Waals surface area contributed by atoms with Gasteiger partial charge in [-0.3, -0.25) is 14.9 Å². The summed E-state index contributed by atoms with van der Waals surface area (Å²) in [4.78, 5) is 45.5. The molecule has 3 aromatic carbocycles. The quantitative estimate of drug-likeness (QED) is 0.118. The van der Waals surface area contributed by atoms with E-state index in [0.29, 0.717) is 24.2 Å². The Hall–Kier alpha value is -4.41. The van der Waals surface area contributed by atoms with Gasteiger partial charge in [0.1, 0.15) is 0 Å². The number of benzene rings is 3. The van der Waals surface area contributed by atoms with Crippen molar-refractivity contribution < 1.29 is 19.5 Å². The first-order chi connectivity index (χ1) is 24.7. The molecule has 0 bridgehead atoms. The van der Waals surface area contributed by atoms with E-state index in [4.69, 9.17) is 0 Å². The Morgan fingerprint density at radius 3 is 2.18 bits per heavy atom. The number of likely N-dealkylation sites (tertiary alicyclic amines) is 1. The average molecular weight is 699 g/mol. The number of carbonyl (C=O) groups excluding carboxylic acids is 2. The molecule has 1 heterocycles. The van der Waals surface area contributed by atoms with Crippen molar-refractivity contribution in [2.24, 2.45) is 0 Å². The Labute approximate surface area is 304 Å². The van der Waals surface area contributed by atoms with E-state index in [9.17, 15) is 19.5 Å². The zero-order valence-corrected chi connectivity index (χ0v) is 31.1. The van der Waals surface area contributed by atoms with Crippen LogP contribution in [0.1, 0.15) is 73.2 Å².